The van der Waals surface area contributed by atoms with Gasteiger partial charge in [-0.2, -0.15) is 0 Å². The van der Waals surface area contributed by atoms with Crippen LogP contribution in [0.1, 0.15) is 35.1 Å². The minimum Gasteiger partial charge on any atom is -0.483 e. The molecule has 43 heavy (non-hydrogen) atoms. The Bertz CT molecular complexity index is 1330. The number of nitrogens with zero attached hydrogens (tertiary/aromatic N) is 1. The van der Waals surface area contributed by atoms with E-state index in [1.54, 1.807) is 0 Å². The molecule has 3 aromatic carbocycles. The lowest BCUT2D eigenvalue weighted by Crippen LogP contribution is -2.53. The Morgan fingerprint density at radius 1 is 0.884 bits per heavy atom. The van der Waals surface area contributed by atoms with Crippen LogP contribution < -0.4 is 20.7 Å². The Kier molecular flexibility index (Phi) is 11.6. The van der Waals surface area contributed by atoms with E-state index in [0.717, 1.165) is 28.7 Å². The molecule has 1 heterocycles. The molecular formula is C34H42N4O5. The molecule has 4 rings (SSSR count). The zero-order chi connectivity index (χ0) is 30.6. The molecule has 4 amide bonds. The normalized spacial score (nSPS) is 15.1. The van der Waals surface area contributed by atoms with Crippen LogP contribution in [0.25, 0.3) is 0 Å². The van der Waals surface area contributed by atoms with E-state index in [2.05, 4.69) is 16.0 Å². The highest BCUT2D eigenvalue weighted by atomic mass is 16.5. The highest BCUT2D eigenvalue weighted by molar-refractivity contribution is 5.84. The molecule has 0 aliphatic carbocycles. The lowest BCUT2D eigenvalue weighted by molar-refractivity contribution is -0.125. The van der Waals surface area contributed by atoms with Gasteiger partial charge in [0.1, 0.15) is 12.3 Å². The van der Waals surface area contributed by atoms with Gasteiger partial charge in [-0.3, -0.25) is 9.59 Å². The predicted octanol–water partition coefficient (Wildman–Crippen LogP) is 3.30. The standard InChI is InChI=1S/C34H42N4O5/c1-24-11-9-12-25(2)33(24)43-23-32(41)37-29(20-27-15-7-4-8-16-27)30(39)21-28(19-26-13-5-3-6-14-26)36-31(40)22-38-18-10-17-35-34(38)42/h3-9,11-16,28-30,39H,10,17-23H2,1-2H3,(H,35,42)(H,36,40)(H,37,41)/t28-,29-,30-/m0/s1. The first-order valence-electron chi connectivity index (χ1n) is 14.8. The van der Waals surface area contributed by atoms with E-state index < -0.39 is 18.2 Å². The number of nitrogens with one attached hydrogen (secondary N) is 3. The first kappa shape index (κ1) is 31.6. The molecule has 0 spiro atoms. The van der Waals surface area contributed by atoms with Gasteiger partial charge in [0, 0.05) is 19.1 Å². The number of aliphatic hydroxyl groups excluding tert-OH is 1. The lowest BCUT2D eigenvalue weighted by atomic mass is 9.93. The van der Waals surface area contributed by atoms with Gasteiger partial charge < -0.3 is 30.7 Å². The third-order valence-electron chi connectivity index (χ3n) is 7.58. The summed E-state index contributed by atoms with van der Waals surface area (Å²) in [6.45, 7) is 4.73. The topological polar surface area (TPSA) is 120 Å². The van der Waals surface area contributed by atoms with Crippen molar-refractivity contribution in [2.75, 3.05) is 26.2 Å². The molecule has 0 saturated carbocycles. The molecule has 1 aliphatic rings. The lowest BCUT2D eigenvalue weighted by Gasteiger charge is -2.30. The van der Waals surface area contributed by atoms with E-state index in [1.807, 2.05) is 92.7 Å². The number of aliphatic hydroxyl groups is 1. The van der Waals surface area contributed by atoms with Gasteiger partial charge in [-0.15, -0.1) is 0 Å². The molecule has 228 valence electrons. The van der Waals surface area contributed by atoms with E-state index in [-0.39, 0.29) is 37.4 Å². The van der Waals surface area contributed by atoms with Crippen LogP contribution in [0.2, 0.25) is 0 Å². The Hall–Kier alpha value is -4.37. The molecule has 1 saturated heterocycles. The van der Waals surface area contributed by atoms with Crippen LogP contribution in [0.5, 0.6) is 5.75 Å². The number of hydrogen-bond acceptors (Lipinski definition) is 5. The summed E-state index contributed by atoms with van der Waals surface area (Å²) >= 11 is 0. The molecule has 9 heteroatoms. The van der Waals surface area contributed by atoms with E-state index >= 15 is 0 Å². The number of aryl methyl sites for hydroxylation is 2. The SMILES string of the molecule is Cc1cccc(C)c1OCC(=O)N[C@@H](Cc1ccccc1)[C@@H](O)C[C@H](Cc1ccccc1)NC(=O)CN1CCCNC1=O. The van der Waals surface area contributed by atoms with E-state index in [9.17, 15) is 19.5 Å². The minimum atomic E-state index is -0.975. The van der Waals surface area contributed by atoms with Crippen LogP contribution in [0.4, 0.5) is 4.79 Å². The van der Waals surface area contributed by atoms with Crippen molar-refractivity contribution in [3.63, 3.8) is 0 Å². The van der Waals surface area contributed by atoms with Crippen LogP contribution in [0.3, 0.4) is 0 Å². The monoisotopic (exact) mass is 586 g/mol. The molecule has 0 unspecified atom stereocenters. The van der Waals surface area contributed by atoms with Gasteiger partial charge in [-0.25, -0.2) is 4.79 Å². The van der Waals surface area contributed by atoms with Crippen LogP contribution in [-0.2, 0) is 22.4 Å². The van der Waals surface area contributed by atoms with Crippen molar-refractivity contribution in [1.82, 2.24) is 20.9 Å². The first-order chi connectivity index (χ1) is 20.8. The number of rotatable bonds is 14. The Balaban J connectivity index is 1.46. The molecule has 1 fully saturated rings. The number of amides is 4. The summed E-state index contributed by atoms with van der Waals surface area (Å²) in [4.78, 5) is 39.8. The maximum Gasteiger partial charge on any atom is 0.317 e. The summed E-state index contributed by atoms with van der Waals surface area (Å²) in [5.41, 5.74) is 3.84. The number of ether oxygens (including phenoxy) is 1. The fourth-order valence-corrected chi connectivity index (χ4v) is 5.39. The summed E-state index contributed by atoms with van der Waals surface area (Å²) in [5.74, 6) is 0.0315. The van der Waals surface area contributed by atoms with Gasteiger partial charge in [-0.1, -0.05) is 78.9 Å². The second-order valence-electron chi connectivity index (χ2n) is 11.1. The number of carbonyl (C=O) groups is 3. The number of urea groups is 1. The van der Waals surface area contributed by atoms with Crippen molar-refractivity contribution in [2.45, 2.75) is 57.7 Å². The molecule has 3 aromatic rings. The largest absolute Gasteiger partial charge is 0.483 e. The summed E-state index contributed by atoms with van der Waals surface area (Å²) in [6.07, 6.45) is 0.882. The second kappa shape index (κ2) is 15.7. The van der Waals surface area contributed by atoms with Crippen molar-refractivity contribution in [3.05, 3.63) is 101 Å². The smallest absolute Gasteiger partial charge is 0.317 e. The average Bonchev–Trinajstić information content (AvgIpc) is 2.99. The predicted molar refractivity (Wildman–Crippen MR) is 166 cm³/mol. The summed E-state index contributed by atoms with van der Waals surface area (Å²) < 4.78 is 5.87. The number of benzene rings is 3. The van der Waals surface area contributed by atoms with Crippen molar-refractivity contribution in [1.29, 1.82) is 0 Å². The molecule has 0 aromatic heterocycles. The summed E-state index contributed by atoms with van der Waals surface area (Å²) in [6, 6.07) is 23.9. The number of carbonyl (C=O) groups excluding carboxylic acids is 3. The quantitative estimate of drug-likeness (QED) is 0.231. The first-order valence-corrected chi connectivity index (χ1v) is 14.8. The minimum absolute atomic E-state index is 0.0624. The molecule has 0 bridgehead atoms. The molecule has 9 nitrogen and oxygen atoms in total. The zero-order valence-electron chi connectivity index (χ0n) is 24.9. The molecular weight excluding hydrogens is 544 g/mol. The number of hydrogen-bond donors (Lipinski definition) is 4. The van der Waals surface area contributed by atoms with Crippen molar-refractivity contribution >= 4 is 17.8 Å². The van der Waals surface area contributed by atoms with Crippen LogP contribution >= 0.6 is 0 Å². The maximum atomic E-state index is 13.1. The third kappa shape index (κ3) is 9.85. The van der Waals surface area contributed by atoms with Crippen LogP contribution in [-0.4, -0.2) is 72.3 Å². The average molecular weight is 587 g/mol. The van der Waals surface area contributed by atoms with Gasteiger partial charge in [0.2, 0.25) is 5.91 Å². The molecule has 3 atom stereocenters. The van der Waals surface area contributed by atoms with Crippen molar-refractivity contribution in [3.8, 4) is 5.75 Å². The highest BCUT2D eigenvalue weighted by Gasteiger charge is 2.28. The molecule has 0 radical (unpaired) electrons. The fourth-order valence-electron chi connectivity index (χ4n) is 5.39. The van der Waals surface area contributed by atoms with E-state index in [0.29, 0.717) is 31.7 Å². The van der Waals surface area contributed by atoms with Gasteiger partial charge >= 0.3 is 6.03 Å². The van der Waals surface area contributed by atoms with Crippen molar-refractivity contribution < 1.29 is 24.2 Å². The van der Waals surface area contributed by atoms with E-state index in [1.165, 1.54) is 4.90 Å². The molecule has 1 aliphatic heterocycles. The van der Waals surface area contributed by atoms with Crippen LogP contribution in [0, 0.1) is 13.8 Å². The highest BCUT2D eigenvalue weighted by Crippen LogP contribution is 2.22. The van der Waals surface area contributed by atoms with Gasteiger partial charge in [-0.05, 0) is 61.8 Å². The maximum absolute atomic E-state index is 13.1. The van der Waals surface area contributed by atoms with E-state index in [4.69, 9.17) is 4.74 Å². The summed E-state index contributed by atoms with van der Waals surface area (Å²) in [5, 5.41) is 20.3. The van der Waals surface area contributed by atoms with Gasteiger partial charge in [0.15, 0.2) is 6.61 Å². The Morgan fingerprint density at radius 2 is 1.51 bits per heavy atom. The Morgan fingerprint density at radius 3 is 2.14 bits per heavy atom. The fraction of sp³-hybridized carbons (Fsp3) is 0.382. The number of para-hydroxylation sites is 1. The summed E-state index contributed by atoms with van der Waals surface area (Å²) in [7, 11) is 0. The van der Waals surface area contributed by atoms with Crippen LogP contribution in [0.15, 0.2) is 78.9 Å². The molecule has 4 N–H and O–H groups in total. The second-order valence-corrected chi connectivity index (χ2v) is 11.1. The zero-order valence-corrected chi connectivity index (χ0v) is 24.9. The van der Waals surface area contributed by atoms with Gasteiger partial charge in [0.05, 0.1) is 12.1 Å². The van der Waals surface area contributed by atoms with Gasteiger partial charge in [0.25, 0.3) is 5.91 Å². The van der Waals surface area contributed by atoms with Crippen molar-refractivity contribution in [2.24, 2.45) is 0 Å². The Labute approximate surface area is 253 Å². The third-order valence-corrected chi connectivity index (χ3v) is 7.58.